The van der Waals surface area contributed by atoms with Crippen LogP contribution in [0, 0.1) is 0 Å². The van der Waals surface area contributed by atoms with E-state index in [4.69, 9.17) is 9.47 Å². The summed E-state index contributed by atoms with van der Waals surface area (Å²) in [4.78, 5) is 27.7. The number of carbonyl (C=O) groups is 1. The number of aliphatic hydroxyl groups excluding tert-OH is 1. The van der Waals surface area contributed by atoms with Crippen LogP contribution in [0.3, 0.4) is 0 Å². The highest BCUT2D eigenvalue weighted by atomic mass is 16.5. The average Bonchev–Trinajstić information content (AvgIpc) is 3.52. The highest BCUT2D eigenvalue weighted by molar-refractivity contribution is 5.83. The van der Waals surface area contributed by atoms with Gasteiger partial charge in [0.05, 0.1) is 24.7 Å². The number of unbranched alkanes of at least 4 members (excludes halogenated alkanes) is 1. The van der Waals surface area contributed by atoms with Crippen molar-refractivity contribution in [1.29, 1.82) is 0 Å². The molecule has 2 aliphatic rings. The van der Waals surface area contributed by atoms with Crippen molar-refractivity contribution in [3.8, 4) is 5.75 Å². The van der Waals surface area contributed by atoms with Gasteiger partial charge in [0.25, 0.3) is 0 Å². The number of aliphatic hydroxyl groups is 1. The SMILES string of the molecule is CCOC(=O)CCCCn1cnc2c(N3CCC[C@@H]3COc3cccc4c3C=C(O)CC4C)ncnc21. The molecule has 1 aliphatic carbocycles. The van der Waals surface area contributed by atoms with Crippen molar-refractivity contribution in [3.63, 3.8) is 0 Å². The van der Waals surface area contributed by atoms with Gasteiger partial charge in [-0.2, -0.15) is 0 Å². The van der Waals surface area contributed by atoms with Gasteiger partial charge in [-0.15, -0.1) is 0 Å². The van der Waals surface area contributed by atoms with Gasteiger partial charge in [-0.05, 0) is 56.2 Å². The Morgan fingerprint density at radius 1 is 1.22 bits per heavy atom. The number of esters is 1. The van der Waals surface area contributed by atoms with Gasteiger partial charge in [-0.1, -0.05) is 19.1 Å². The third-order valence-corrected chi connectivity index (χ3v) is 7.25. The Morgan fingerprint density at radius 2 is 2.11 bits per heavy atom. The number of rotatable bonds is 10. The Morgan fingerprint density at radius 3 is 2.97 bits per heavy atom. The summed E-state index contributed by atoms with van der Waals surface area (Å²) >= 11 is 0. The molecule has 1 fully saturated rings. The zero-order valence-corrected chi connectivity index (χ0v) is 21.6. The van der Waals surface area contributed by atoms with Crippen molar-refractivity contribution in [2.75, 3.05) is 24.7 Å². The maximum atomic E-state index is 11.6. The van der Waals surface area contributed by atoms with Crippen LogP contribution in [0.15, 0.2) is 36.6 Å². The number of aryl methyl sites for hydroxylation is 1. The molecule has 0 amide bonds. The Hall–Kier alpha value is -3.62. The second kappa shape index (κ2) is 11.2. The first-order chi connectivity index (χ1) is 18.0. The van der Waals surface area contributed by atoms with Gasteiger partial charge in [0, 0.05) is 31.5 Å². The number of nitrogens with zero attached hydrogens (tertiary/aromatic N) is 5. The third kappa shape index (κ3) is 5.40. The van der Waals surface area contributed by atoms with E-state index in [1.165, 1.54) is 5.56 Å². The molecule has 9 heteroatoms. The molecular weight excluding hydrogens is 470 g/mol. The van der Waals surface area contributed by atoms with Crippen molar-refractivity contribution in [3.05, 3.63) is 47.7 Å². The van der Waals surface area contributed by atoms with Crippen LogP contribution >= 0.6 is 0 Å². The summed E-state index contributed by atoms with van der Waals surface area (Å²) in [6.45, 7) is 6.51. The van der Waals surface area contributed by atoms with E-state index in [0.29, 0.717) is 31.8 Å². The first-order valence-electron chi connectivity index (χ1n) is 13.3. The van der Waals surface area contributed by atoms with E-state index in [9.17, 15) is 9.90 Å². The normalized spacial score (nSPS) is 19.1. The summed E-state index contributed by atoms with van der Waals surface area (Å²) in [5, 5.41) is 10.2. The lowest BCUT2D eigenvalue weighted by atomic mass is 9.87. The minimum Gasteiger partial charge on any atom is -0.512 e. The largest absolute Gasteiger partial charge is 0.512 e. The van der Waals surface area contributed by atoms with E-state index in [1.807, 2.05) is 36.0 Å². The van der Waals surface area contributed by atoms with Crippen LogP contribution in [0.1, 0.15) is 69.4 Å². The fraction of sp³-hybridized carbons (Fsp3) is 0.500. The number of imidazole rings is 1. The van der Waals surface area contributed by atoms with Gasteiger partial charge in [0.2, 0.25) is 0 Å². The highest BCUT2D eigenvalue weighted by Gasteiger charge is 2.29. The molecule has 0 spiro atoms. The number of anilines is 1. The molecule has 2 atom stereocenters. The van der Waals surface area contributed by atoms with Crippen LogP contribution in [0.25, 0.3) is 17.2 Å². The quantitative estimate of drug-likeness (QED) is 0.303. The van der Waals surface area contributed by atoms with Crippen molar-refractivity contribution < 1.29 is 19.4 Å². The lowest BCUT2D eigenvalue weighted by Gasteiger charge is -2.27. The van der Waals surface area contributed by atoms with E-state index in [-0.39, 0.29) is 17.9 Å². The molecule has 0 saturated carbocycles. The van der Waals surface area contributed by atoms with Crippen LogP contribution < -0.4 is 9.64 Å². The van der Waals surface area contributed by atoms with Crippen LogP contribution in [-0.2, 0) is 16.1 Å². The highest BCUT2D eigenvalue weighted by Crippen LogP contribution is 2.38. The van der Waals surface area contributed by atoms with E-state index < -0.39 is 0 Å². The second-order valence-corrected chi connectivity index (χ2v) is 9.87. The molecule has 37 heavy (non-hydrogen) atoms. The summed E-state index contributed by atoms with van der Waals surface area (Å²) in [5.41, 5.74) is 3.79. The maximum Gasteiger partial charge on any atom is 0.305 e. The molecule has 1 aromatic carbocycles. The second-order valence-electron chi connectivity index (χ2n) is 9.87. The number of ether oxygens (including phenoxy) is 2. The molecule has 9 nitrogen and oxygen atoms in total. The van der Waals surface area contributed by atoms with E-state index in [1.54, 1.807) is 6.33 Å². The summed E-state index contributed by atoms with van der Waals surface area (Å²) in [6.07, 6.45) is 10.0. The van der Waals surface area contributed by atoms with Gasteiger partial charge >= 0.3 is 5.97 Å². The zero-order valence-electron chi connectivity index (χ0n) is 21.6. The van der Waals surface area contributed by atoms with Gasteiger partial charge < -0.3 is 24.0 Å². The Bertz CT molecular complexity index is 1290. The van der Waals surface area contributed by atoms with Gasteiger partial charge in [-0.25, -0.2) is 15.0 Å². The molecule has 5 rings (SSSR count). The molecule has 1 unspecified atom stereocenters. The minimum atomic E-state index is -0.150. The van der Waals surface area contributed by atoms with Crippen LogP contribution in [0.4, 0.5) is 5.82 Å². The molecule has 3 aromatic rings. The standard InChI is InChI=1S/C28H35N5O4/c1-3-36-25(35)11-4-5-12-32-18-31-26-27(32)29-17-30-28(26)33-13-7-8-20(33)16-37-24-10-6-9-22-19(2)14-21(34)15-23(22)24/h6,9-10,15,17-20,34H,3-5,7-8,11-14,16H2,1-2H3/t19?,20-/m1/s1. The first kappa shape index (κ1) is 25.0. The summed E-state index contributed by atoms with van der Waals surface area (Å²) in [5.74, 6) is 2.16. The molecule has 1 saturated heterocycles. The van der Waals surface area contributed by atoms with E-state index >= 15 is 0 Å². The lowest BCUT2D eigenvalue weighted by molar-refractivity contribution is -0.143. The fourth-order valence-electron chi connectivity index (χ4n) is 5.42. The molecule has 1 N–H and O–H groups in total. The number of aromatic nitrogens is 4. The summed E-state index contributed by atoms with van der Waals surface area (Å²) in [6, 6.07) is 6.29. The molecule has 1 aliphatic heterocycles. The molecular formula is C28H35N5O4. The maximum absolute atomic E-state index is 11.6. The van der Waals surface area contributed by atoms with Gasteiger partial charge in [-0.3, -0.25) is 4.79 Å². The number of fused-ring (bicyclic) bond motifs is 2. The number of allylic oxidation sites excluding steroid dienone is 1. The van der Waals surface area contributed by atoms with Crippen molar-refractivity contribution >= 4 is 29.0 Å². The van der Waals surface area contributed by atoms with E-state index in [0.717, 1.165) is 67.1 Å². The topological polar surface area (TPSA) is 103 Å². The molecule has 0 bridgehead atoms. The monoisotopic (exact) mass is 505 g/mol. The van der Waals surface area contributed by atoms with Crippen molar-refractivity contribution in [2.24, 2.45) is 0 Å². The average molecular weight is 506 g/mol. The smallest absolute Gasteiger partial charge is 0.305 e. The lowest BCUT2D eigenvalue weighted by Crippen LogP contribution is -2.35. The number of carbonyl (C=O) groups excluding carboxylic acids is 1. The van der Waals surface area contributed by atoms with Crippen molar-refractivity contribution in [2.45, 2.75) is 70.9 Å². The zero-order chi connectivity index (χ0) is 25.8. The van der Waals surface area contributed by atoms with Gasteiger partial charge in [0.1, 0.15) is 18.7 Å². The summed E-state index contributed by atoms with van der Waals surface area (Å²) in [7, 11) is 0. The molecule has 0 radical (unpaired) electrons. The molecule has 196 valence electrons. The Kier molecular flexibility index (Phi) is 7.58. The number of benzene rings is 1. The van der Waals surface area contributed by atoms with Crippen LogP contribution in [0.5, 0.6) is 5.75 Å². The number of hydrogen-bond acceptors (Lipinski definition) is 8. The Balaban J connectivity index is 1.27. The molecule has 3 heterocycles. The third-order valence-electron chi connectivity index (χ3n) is 7.25. The van der Waals surface area contributed by atoms with Gasteiger partial charge in [0.15, 0.2) is 17.0 Å². The fourth-order valence-corrected chi connectivity index (χ4v) is 5.42. The molecule has 2 aromatic heterocycles. The minimum absolute atomic E-state index is 0.150. The number of hydrogen-bond donors (Lipinski definition) is 1. The van der Waals surface area contributed by atoms with Crippen molar-refractivity contribution in [1.82, 2.24) is 19.5 Å². The van der Waals surface area contributed by atoms with E-state index in [2.05, 4.69) is 32.8 Å². The van der Waals surface area contributed by atoms with Crippen LogP contribution in [0.2, 0.25) is 0 Å². The Labute approximate surface area is 217 Å². The van der Waals surface area contributed by atoms with Crippen LogP contribution in [-0.4, -0.2) is 56.4 Å². The summed E-state index contributed by atoms with van der Waals surface area (Å²) < 4.78 is 13.4. The first-order valence-corrected chi connectivity index (χ1v) is 13.3. The predicted octanol–water partition coefficient (Wildman–Crippen LogP) is 5.01. The predicted molar refractivity (Wildman–Crippen MR) is 142 cm³/mol.